The lowest BCUT2D eigenvalue weighted by atomic mass is 10.1. The van der Waals surface area contributed by atoms with E-state index < -0.39 is 0 Å². The maximum absolute atomic E-state index is 11.8. The van der Waals surface area contributed by atoms with Gasteiger partial charge in [0, 0.05) is 6.08 Å². The molecule has 0 spiro atoms. The summed E-state index contributed by atoms with van der Waals surface area (Å²) in [5, 5.41) is 2.76. The van der Waals surface area contributed by atoms with Crippen LogP contribution in [-0.2, 0) is 11.3 Å². The van der Waals surface area contributed by atoms with Gasteiger partial charge in [-0.1, -0.05) is 19.9 Å². The molecule has 0 unspecified atom stereocenters. The van der Waals surface area contributed by atoms with Crippen molar-refractivity contribution in [2.24, 2.45) is 5.92 Å². The van der Waals surface area contributed by atoms with Crippen molar-refractivity contribution in [3.05, 3.63) is 54.0 Å². The molecule has 2 rings (SSSR count). The summed E-state index contributed by atoms with van der Waals surface area (Å²) in [5.41, 5.74) is 0.862. The van der Waals surface area contributed by atoms with Crippen molar-refractivity contribution in [1.82, 2.24) is 5.32 Å². The standard InChI is InChI=1S/C20H25NO4/c1-15(2)10-12-25-18-8-6-16(13-19(18)23-3)7-9-20(22)21-14-17-5-4-11-24-17/h4-9,11,13,15H,10,12,14H2,1-3H3,(H,21,22)/b9-7+. The number of rotatable bonds is 9. The number of methoxy groups -OCH3 is 1. The molecule has 0 fully saturated rings. The maximum Gasteiger partial charge on any atom is 0.244 e. The summed E-state index contributed by atoms with van der Waals surface area (Å²) in [7, 11) is 1.61. The van der Waals surface area contributed by atoms with Crippen molar-refractivity contribution in [1.29, 1.82) is 0 Å². The molecule has 1 aromatic heterocycles. The van der Waals surface area contributed by atoms with E-state index >= 15 is 0 Å². The summed E-state index contributed by atoms with van der Waals surface area (Å²) in [6.45, 7) is 5.33. The number of hydrogen-bond donors (Lipinski definition) is 1. The Kier molecular flexibility index (Phi) is 7.14. The fraction of sp³-hybridized carbons (Fsp3) is 0.350. The van der Waals surface area contributed by atoms with E-state index in [0.717, 1.165) is 12.0 Å². The van der Waals surface area contributed by atoms with Crippen LogP contribution >= 0.6 is 0 Å². The lowest BCUT2D eigenvalue weighted by Gasteiger charge is -2.12. The number of nitrogens with one attached hydrogen (secondary N) is 1. The lowest BCUT2D eigenvalue weighted by Crippen LogP contribution is -2.19. The number of carbonyl (C=O) groups excluding carboxylic acids is 1. The number of ether oxygens (including phenoxy) is 2. The van der Waals surface area contributed by atoms with Gasteiger partial charge in [0.1, 0.15) is 5.76 Å². The molecule has 1 heterocycles. The van der Waals surface area contributed by atoms with E-state index in [4.69, 9.17) is 13.9 Å². The lowest BCUT2D eigenvalue weighted by molar-refractivity contribution is -0.116. The second kappa shape index (κ2) is 9.57. The fourth-order valence-corrected chi connectivity index (χ4v) is 2.13. The Hall–Kier alpha value is -2.69. The minimum atomic E-state index is -0.187. The minimum Gasteiger partial charge on any atom is -0.493 e. The Morgan fingerprint density at radius 3 is 2.80 bits per heavy atom. The molecule has 0 aliphatic carbocycles. The molecule has 5 nitrogen and oxygen atoms in total. The first-order chi connectivity index (χ1) is 12.1. The van der Waals surface area contributed by atoms with Gasteiger partial charge in [0.25, 0.3) is 0 Å². The normalized spacial score (nSPS) is 11.0. The molecule has 0 bridgehead atoms. The molecule has 0 saturated heterocycles. The van der Waals surface area contributed by atoms with Crippen molar-refractivity contribution < 1.29 is 18.7 Å². The average molecular weight is 343 g/mol. The van der Waals surface area contributed by atoms with Crippen LogP contribution in [0, 0.1) is 5.92 Å². The molecule has 2 aromatic rings. The Morgan fingerprint density at radius 2 is 2.12 bits per heavy atom. The highest BCUT2D eigenvalue weighted by Gasteiger charge is 2.06. The monoisotopic (exact) mass is 343 g/mol. The van der Waals surface area contributed by atoms with Crippen LogP contribution in [0.25, 0.3) is 6.08 Å². The van der Waals surface area contributed by atoms with Crippen molar-refractivity contribution in [2.75, 3.05) is 13.7 Å². The highest BCUT2D eigenvalue weighted by molar-refractivity contribution is 5.91. The molecule has 0 aliphatic rings. The quantitative estimate of drug-likeness (QED) is 0.698. The van der Waals surface area contributed by atoms with E-state index in [1.54, 1.807) is 25.5 Å². The zero-order valence-electron chi connectivity index (χ0n) is 15.0. The van der Waals surface area contributed by atoms with Crippen molar-refractivity contribution in [3.8, 4) is 11.5 Å². The Morgan fingerprint density at radius 1 is 1.28 bits per heavy atom. The fourth-order valence-electron chi connectivity index (χ4n) is 2.13. The van der Waals surface area contributed by atoms with Crippen LogP contribution in [0.2, 0.25) is 0 Å². The zero-order chi connectivity index (χ0) is 18.1. The molecule has 0 radical (unpaired) electrons. The first-order valence-corrected chi connectivity index (χ1v) is 8.37. The van der Waals surface area contributed by atoms with E-state index in [-0.39, 0.29) is 5.91 Å². The Labute approximate surface area is 148 Å². The molecule has 1 aromatic carbocycles. The van der Waals surface area contributed by atoms with Crippen LogP contribution in [0.1, 0.15) is 31.6 Å². The molecule has 134 valence electrons. The predicted octanol–water partition coefficient (Wildman–Crippen LogP) is 4.04. The summed E-state index contributed by atoms with van der Waals surface area (Å²) in [6.07, 6.45) is 5.78. The first kappa shape index (κ1) is 18.6. The number of furan rings is 1. The summed E-state index contributed by atoms with van der Waals surface area (Å²) < 4.78 is 16.3. The molecule has 1 N–H and O–H groups in total. The second-order valence-electron chi connectivity index (χ2n) is 6.07. The van der Waals surface area contributed by atoms with E-state index in [9.17, 15) is 4.79 Å². The van der Waals surface area contributed by atoms with Crippen molar-refractivity contribution in [2.45, 2.75) is 26.8 Å². The minimum absolute atomic E-state index is 0.187. The zero-order valence-corrected chi connectivity index (χ0v) is 15.0. The van der Waals surface area contributed by atoms with Gasteiger partial charge < -0.3 is 19.2 Å². The highest BCUT2D eigenvalue weighted by atomic mass is 16.5. The van der Waals surface area contributed by atoms with Gasteiger partial charge in [0.2, 0.25) is 5.91 Å². The Bertz CT molecular complexity index is 690. The van der Waals surface area contributed by atoms with E-state index in [2.05, 4.69) is 19.2 Å². The molecule has 5 heteroatoms. The third-order valence-electron chi connectivity index (χ3n) is 3.58. The van der Waals surface area contributed by atoms with E-state index in [1.807, 2.05) is 24.3 Å². The van der Waals surface area contributed by atoms with Gasteiger partial charge in [-0.3, -0.25) is 4.79 Å². The second-order valence-corrected chi connectivity index (χ2v) is 6.07. The van der Waals surface area contributed by atoms with Crippen LogP contribution in [0.5, 0.6) is 11.5 Å². The Balaban J connectivity index is 1.91. The summed E-state index contributed by atoms with van der Waals surface area (Å²) in [5.74, 6) is 2.48. The van der Waals surface area contributed by atoms with Crippen molar-refractivity contribution >= 4 is 12.0 Å². The average Bonchev–Trinajstić information content (AvgIpc) is 3.12. The SMILES string of the molecule is COc1cc(/C=C/C(=O)NCc2ccco2)ccc1OCCC(C)C. The summed E-state index contributed by atoms with van der Waals surface area (Å²) in [4.78, 5) is 11.8. The maximum atomic E-state index is 11.8. The topological polar surface area (TPSA) is 60.7 Å². The van der Waals surface area contributed by atoms with Gasteiger partial charge in [-0.2, -0.15) is 0 Å². The molecular formula is C20H25NO4. The molecule has 0 aliphatic heterocycles. The molecule has 1 amide bonds. The van der Waals surface area contributed by atoms with Crippen LogP contribution in [0.3, 0.4) is 0 Å². The number of hydrogen-bond acceptors (Lipinski definition) is 4. The van der Waals surface area contributed by atoms with Crippen LogP contribution in [-0.4, -0.2) is 19.6 Å². The van der Waals surface area contributed by atoms with Crippen molar-refractivity contribution in [3.63, 3.8) is 0 Å². The van der Waals surface area contributed by atoms with E-state index in [1.165, 1.54) is 6.08 Å². The summed E-state index contributed by atoms with van der Waals surface area (Å²) >= 11 is 0. The van der Waals surface area contributed by atoms with Gasteiger partial charge in [-0.05, 0) is 48.2 Å². The number of amides is 1. The van der Waals surface area contributed by atoms with Gasteiger partial charge in [-0.25, -0.2) is 0 Å². The van der Waals surface area contributed by atoms with Crippen LogP contribution in [0.15, 0.2) is 47.1 Å². The number of carbonyl (C=O) groups is 1. The molecular weight excluding hydrogens is 318 g/mol. The van der Waals surface area contributed by atoms with Gasteiger partial charge in [0.05, 0.1) is 26.5 Å². The van der Waals surface area contributed by atoms with Gasteiger partial charge in [-0.15, -0.1) is 0 Å². The predicted molar refractivity (Wildman–Crippen MR) is 97.5 cm³/mol. The largest absolute Gasteiger partial charge is 0.493 e. The molecule has 0 atom stereocenters. The first-order valence-electron chi connectivity index (χ1n) is 8.37. The number of benzene rings is 1. The highest BCUT2D eigenvalue weighted by Crippen LogP contribution is 2.28. The van der Waals surface area contributed by atoms with E-state index in [0.29, 0.717) is 36.3 Å². The van der Waals surface area contributed by atoms with Gasteiger partial charge >= 0.3 is 0 Å². The summed E-state index contributed by atoms with van der Waals surface area (Å²) in [6, 6.07) is 9.20. The van der Waals surface area contributed by atoms with Crippen LogP contribution < -0.4 is 14.8 Å². The molecule has 0 saturated carbocycles. The van der Waals surface area contributed by atoms with Gasteiger partial charge in [0.15, 0.2) is 11.5 Å². The van der Waals surface area contributed by atoms with Crippen LogP contribution in [0.4, 0.5) is 0 Å². The molecule has 25 heavy (non-hydrogen) atoms. The smallest absolute Gasteiger partial charge is 0.244 e. The third kappa shape index (κ3) is 6.37. The third-order valence-corrected chi connectivity index (χ3v) is 3.58.